The van der Waals surface area contributed by atoms with Crippen molar-refractivity contribution < 1.29 is 0 Å². The zero-order valence-electron chi connectivity index (χ0n) is 10.7. The lowest BCUT2D eigenvalue weighted by molar-refractivity contribution is 1.38. The highest BCUT2D eigenvalue weighted by molar-refractivity contribution is 9.20. The first-order valence-corrected chi connectivity index (χ1v) is 12.6. The number of benzene rings is 2. The van der Waals surface area contributed by atoms with Crippen LogP contribution in [0.15, 0.2) is 58.3 Å². The van der Waals surface area contributed by atoms with E-state index in [2.05, 4.69) is 62.4 Å². The molecule has 0 bridgehead atoms. The Labute approximate surface area is 133 Å². The van der Waals surface area contributed by atoms with Crippen molar-refractivity contribution in [3.05, 3.63) is 59.7 Å². The quantitative estimate of drug-likeness (QED) is 0.509. The van der Waals surface area contributed by atoms with Crippen LogP contribution >= 0.6 is 38.7 Å². The fourth-order valence-corrected chi connectivity index (χ4v) is 10.1. The van der Waals surface area contributed by atoms with Crippen LogP contribution in [0.3, 0.4) is 0 Å². The number of hydrogen-bond acceptors (Lipinski definition) is 3. The van der Waals surface area contributed by atoms with Gasteiger partial charge in [-0.2, -0.15) is 0 Å². The third-order valence-electron chi connectivity index (χ3n) is 2.48. The molecule has 0 spiro atoms. The smallest absolute Gasteiger partial charge is 0.115 e. The van der Waals surface area contributed by atoms with Gasteiger partial charge in [0.05, 0.1) is 0 Å². The lowest BCUT2D eigenvalue weighted by Crippen LogP contribution is -1.73. The first kappa shape index (κ1) is 15.5. The molecule has 0 saturated carbocycles. The second kappa shape index (κ2) is 6.73. The highest BCUT2D eigenvalue weighted by atomic mass is 33.5. The van der Waals surface area contributed by atoms with Gasteiger partial charge < -0.3 is 0 Å². The molecule has 0 nitrogen and oxygen atoms in total. The second-order valence-corrected chi connectivity index (χ2v) is 18.9. The standard InChI is InChI=1S/C14H15PS4/c1-11-3-7-13(8-4-11)18-15(16,17)19-14-9-5-12(2)6-10-14/h3-10H,1-2H3,(H,16,17). The molecule has 0 unspecified atom stereocenters. The van der Waals surface area contributed by atoms with Crippen molar-refractivity contribution in [3.8, 4) is 0 Å². The molecule has 2 aromatic carbocycles. The molecule has 0 aliphatic rings. The van der Waals surface area contributed by atoms with Gasteiger partial charge >= 0.3 is 0 Å². The van der Waals surface area contributed by atoms with Crippen LogP contribution in [0.2, 0.25) is 0 Å². The Balaban J connectivity index is 2.08. The number of rotatable bonds is 4. The van der Waals surface area contributed by atoms with E-state index in [1.807, 2.05) is 0 Å². The van der Waals surface area contributed by atoms with Gasteiger partial charge in [-0.05, 0) is 38.1 Å². The van der Waals surface area contributed by atoms with Crippen molar-refractivity contribution in [2.75, 3.05) is 0 Å². The van der Waals surface area contributed by atoms with E-state index in [1.54, 1.807) is 22.8 Å². The van der Waals surface area contributed by atoms with Gasteiger partial charge in [0.15, 0.2) is 0 Å². The van der Waals surface area contributed by atoms with Gasteiger partial charge in [0.25, 0.3) is 0 Å². The van der Waals surface area contributed by atoms with Gasteiger partial charge in [-0.1, -0.05) is 70.0 Å². The molecule has 0 amide bonds. The molecule has 0 saturated heterocycles. The summed E-state index contributed by atoms with van der Waals surface area (Å²) in [6, 6.07) is 16.9. The first-order chi connectivity index (χ1) is 8.94. The van der Waals surface area contributed by atoms with E-state index >= 15 is 0 Å². The third-order valence-corrected chi connectivity index (χ3v) is 10.7. The summed E-state index contributed by atoms with van der Waals surface area (Å²) in [7, 11) is 0. The SMILES string of the molecule is Cc1ccc(SP(=S)(S)Sc2ccc(C)cc2)cc1. The minimum atomic E-state index is -1.81. The Morgan fingerprint density at radius 2 is 1.11 bits per heavy atom. The molecule has 100 valence electrons. The maximum absolute atomic E-state index is 5.67. The van der Waals surface area contributed by atoms with Gasteiger partial charge in [-0.3, -0.25) is 0 Å². The van der Waals surface area contributed by atoms with Gasteiger partial charge in [0, 0.05) is 9.79 Å². The van der Waals surface area contributed by atoms with E-state index < -0.39 is 3.64 Å². The first-order valence-electron chi connectivity index (χ1n) is 5.80. The van der Waals surface area contributed by atoms with Crippen LogP contribution < -0.4 is 0 Å². The van der Waals surface area contributed by atoms with Gasteiger partial charge in [-0.25, -0.2) is 0 Å². The van der Waals surface area contributed by atoms with Gasteiger partial charge in [-0.15, -0.1) is 12.2 Å². The van der Waals surface area contributed by atoms with Crippen LogP contribution in [0.25, 0.3) is 0 Å². The minimum Gasteiger partial charge on any atom is -0.121 e. The minimum absolute atomic E-state index is 1.20. The summed E-state index contributed by atoms with van der Waals surface area (Å²) in [5.41, 5.74) is 2.53. The van der Waals surface area contributed by atoms with Crippen LogP contribution in [-0.4, -0.2) is 0 Å². The fourth-order valence-electron chi connectivity index (χ4n) is 1.48. The molecule has 0 aliphatic heterocycles. The van der Waals surface area contributed by atoms with E-state index in [9.17, 15) is 0 Å². The molecule has 19 heavy (non-hydrogen) atoms. The van der Waals surface area contributed by atoms with Crippen LogP contribution in [0.5, 0.6) is 0 Å². The summed E-state index contributed by atoms with van der Waals surface area (Å²) in [6.07, 6.45) is 0. The van der Waals surface area contributed by atoms with Crippen molar-refractivity contribution in [3.63, 3.8) is 0 Å². The summed E-state index contributed by atoms with van der Waals surface area (Å²) in [5, 5.41) is 0. The van der Waals surface area contributed by atoms with Crippen molar-refractivity contribution in [2.24, 2.45) is 0 Å². The molecule has 0 aliphatic carbocycles. The summed E-state index contributed by atoms with van der Waals surface area (Å²) in [5.74, 6) is 0. The maximum Gasteiger partial charge on any atom is 0.115 e. The Kier molecular flexibility index (Phi) is 5.50. The molecule has 0 heterocycles. The zero-order chi connectivity index (χ0) is 13.9. The Morgan fingerprint density at radius 3 is 1.42 bits per heavy atom. The molecule has 0 atom stereocenters. The largest absolute Gasteiger partial charge is 0.121 e. The van der Waals surface area contributed by atoms with Crippen LogP contribution in [0, 0.1) is 13.8 Å². The van der Waals surface area contributed by atoms with Crippen molar-refractivity contribution in [1.82, 2.24) is 0 Å². The number of hydrogen-bond donors (Lipinski definition) is 1. The van der Waals surface area contributed by atoms with Crippen LogP contribution in [0.1, 0.15) is 11.1 Å². The lowest BCUT2D eigenvalue weighted by Gasteiger charge is -2.14. The normalized spacial score (nSPS) is 11.5. The van der Waals surface area contributed by atoms with Gasteiger partial charge in [0.1, 0.15) is 3.64 Å². The molecule has 0 radical (unpaired) electrons. The maximum atomic E-state index is 5.67. The summed E-state index contributed by atoms with van der Waals surface area (Å²) in [4.78, 5) is 2.40. The number of aryl methyl sites for hydroxylation is 2. The van der Waals surface area contributed by atoms with Gasteiger partial charge in [0.2, 0.25) is 0 Å². The van der Waals surface area contributed by atoms with Crippen molar-refractivity contribution in [2.45, 2.75) is 23.6 Å². The number of thiol groups is 1. The molecular formula is C14H15PS4. The predicted molar refractivity (Wildman–Crippen MR) is 97.3 cm³/mol. The summed E-state index contributed by atoms with van der Waals surface area (Å²) < 4.78 is -1.81. The Morgan fingerprint density at radius 1 is 0.789 bits per heavy atom. The summed E-state index contributed by atoms with van der Waals surface area (Å²) in [6.45, 7) is 4.18. The second-order valence-electron chi connectivity index (χ2n) is 4.28. The fraction of sp³-hybridized carbons (Fsp3) is 0.143. The van der Waals surface area contributed by atoms with Crippen molar-refractivity contribution in [1.29, 1.82) is 0 Å². The van der Waals surface area contributed by atoms with E-state index in [0.717, 1.165) is 0 Å². The monoisotopic (exact) mass is 342 g/mol. The average molecular weight is 343 g/mol. The molecule has 0 N–H and O–H groups in total. The Bertz CT molecular complexity index is 538. The molecule has 5 heteroatoms. The summed E-state index contributed by atoms with van der Waals surface area (Å²) >= 11 is 13.8. The van der Waals surface area contributed by atoms with Crippen LogP contribution in [0.4, 0.5) is 0 Å². The zero-order valence-corrected chi connectivity index (χ0v) is 15.0. The molecular weight excluding hydrogens is 327 g/mol. The molecule has 0 fully saturated rings. The van der Waals surface area contributed by atoms with E-state index in [0.29, 0.717) is 0 Å². The highest BCUT2D eigenvalue weighted by Crippen LogP contribution is 2.76. The highest BCUT2D eigenvalue weighted by Gasteiger charge is 2.15. The predicted octanol–water partition coefficient (Wildman–Crippen LogP) is 6.34. The molecule has 2 rings (SSSR count). The molecule has 2 aromatic rings. The topological polar surface area (TPSA) is 0 Å². The third kappa shape index (κ3) is 5.20. The van der Waals surface area contributed by atoms with E-state index in [-0.39, 0.29) is 0 Å². The van der Waals surface area contributed by atoms with Crippen molar-refractivity contribution >= 4 is 50.5 Å². The Hall–Kier alpha value is 0.140. The lowest BCUT2D eigenvalue weighted by atomic mass is 10.2. The van der Waals surface area contributed by atoms with Crippen LogP contribution in [-0.2, 0) is 11.8 Å². The average Bonchev–Trinajstić information content (AvgIpc) is 2.34. The molecule has 0 aromatic heterocycles. The van der Waals surface area contributed by atoms with E-state index in [1.165, 1.54) is 20.9 Å². The van der Waals surface area contributed by atoms with E-state index in [4.69, 9.17) is 24.1 Å².